The van der Waals surface area contributed by atoms with Gasteiger partial charge in [-0.3, -0.25) is 4.79 Å². The van der Waals surface area contributed by atoms with Crippen LogP contribution in [0.15, 0.2) is 41.1 Å². The minimum absolute atomic E-state index is 0.0662. The predicted octanol–water partition coefficient (Wildman–Crippen LogP) is 2.70. The van der Waals surface area contributed by atoms with E-state index >= 15 is 0 Å². The highest BCUT2D eigenvalue weighted by Crippen LogP contribution is 2.15. The lowest BCUT2D eigenvalue weighted by atomic mass is 10.1. The molecule has 106 valence electrons. The van der Waals surface area contributed by atoms with Gasteiger partial charge >= 0.3 is 0 Å². The van der Waals surface area contributed by atoms with Gasteiger partial charge in [0.25, 0.3) is 0 Å². The van der Waals surface area contributed by atoms with Crippen LogP contribution in [0, 0.1) is 0 Å². The minimum Gasteiger partial charge on any atom is -0.387 e. The number of aliphatic hydroxyl groups excluding tert-OH is 1. The topological polar surface area (TPSA) is 49.3 Å². The van der Waals surface area contributed by atoms with Crippen molar-refractivity contribution in [2.24, 2.45) is 0 Å². The quantitative estimate of drug-likeness (QED) is 0.859. The summed E-state index contributed by atoms with van der Waals surface area (Å²) >= 11 is 1.54. The molecule has 1 atom stereocenters. The fourth-order valence-electron chi connectivity index (χ4n) is 1.93. The molecule has 0 aliphatic heterocycles. The van der Waals surface area contributed by atoms with Gasteiger partial charge in [-0.1, -0.05) is 31.2 Å². The molecule has 1 aromatic carbocycles. The first-order chi connectivity index (χ1) is 9.69. The first-order valence-corrected chi connectivity index (χ1v) is 7.68. The molecule has 1 heterocycles. The largest absolute Gasteiger partial charge is 0.387 e. The molecule has 1 amide bonds. The Labute approximate surface area is 123 Å². The van der Waals surface area contributed by atoms with E-state index in [9.17, 15) is 9.90 Å². The highest BCUT2D eigenvalue weighted by molar-refractivity contribution is 7.07. The first-order valence-electron chi connectivity index (χ1n) is 6.73. The summed E-state index contributed by atoms with van der Waals surface area (Å²) in [5.41, 5.74) is 3.11. The van der Waals surface area contributed by atoms with Crippen LogP contribution in [-0.2, 0) is 17.6 Å². The molecule has 0 saturated heterocycles. The number of amides is 1. The number of hydrogen-bond acceptors (Lipinski definition) is 3. The molecular weight excluding hydrogens is 270 g/mol. The Morgan fingerprint density at radius 1 is 1.25 bits per heavy atom. The number of thiophene rings is 1. The van der Waals surface area contributed by atoms with E-state index in [1.54, 1.807) is 0 Å². The van der Waals surface area contributed by atoms with E-state index in [2.05, 4.69) is 12.2 Å². The highest BCUT2D eigenvalue weighted by Gasteiger charge is 2.10. The fourth-order valence-corrected chi connectivity index (χ4v) is 2.64. The first kappa shape index (κ1) is 14.8. The lowest BCUT2D eigenvalue weighted by molar-refractivity contribution is -0.120. The third-order valence-electron chi connectivity index (χ3n) is 3.22. The van der Waals surface area contributed by atoms with Crippen molar-refractivity contribution in [3.05, 3.63) is 57.8 Å². The van der Waals surface area contributed by atoms with Crippen LogP contribution < -0.4 is 5.32 Å². The molecule has 2 rings (SSSR count). The van der Waals surface area contributed by atoms with Gasteiger partial charge in [0, 0.05) is 6.54 Å². The Morgan fingerprint density at radius 2 is 1.95 bits per heavy atom. The molecule has 2 aromatic rings. The van der Waals surface area contributed by atoms with Crippen molar-refractivity contribution in [2.45, 2.75) is 25.9 Å². The van der Waals surface area contributed by atoms with E-state index in [1.807, 2.05) is 41.1 Å². The van der Waals surface area contributed by atoms with Crippen molar-refractivity contribution in [1.82, 2.24) is 5.32 Å². The summed E-state index contributed by atoms with van der Waals surface area (Å²) in [5, 5.41) is 16.4. The van der Waals surface area contributed by atoms with Gasteiger partial charge < -0.3 is 10.4 Å². The van der Waals surface area contributed by atoms with Crippen LogP contribution in [0.5, 0.6) is 0 Å². The van der Waals surface area contributed by atoms with Gasteiger partial charge in [0.2, 0.25) is 5.91 Å². The number of aryl methyl sites for hydroxylation is 1. The monoisotopic (exact) mass is 289 g/mol. The molecule has 0 saturated carbocycles. The standard InChI is InChI=1S/C16H19NO2S/c1-2-12-3-5-13(6-4-12)9-16(19)17-10-15(18)14-7-8-20-11-14/h3-8,11,15,18H,2,9-10H2,1H3,(H,17,19)/t15-/m0/s1. The van der Waals surface area contributed by atoms with Gasteiger partial charge in [0.05, 0.1) is 12.5 Å². The second-order valence-electron chi connectivity index (χ2n) is 4.72. The summed E-state index contributed by atoms with van der Waals surface area (Å²) in [4.78, 5) is 11.8. The normalized spacial score (nSPS) is 12.1. The zero-order chi connectivity index (χ0) is 14.4. The second-order valence-corrected chi connectivity index (χ2v) is 5.50. The summed E-state index contributed by atoms with van der Waals surface area (Å²) in [6, 6.07) is 9.91. The molecule has 2 N–H and O–H groups in total. The SMILES string of the molecule is CCc1ccc(CC(=O)NC[C@H](O)c2ccsc2)cc1. The van der Waals surface area contributed by atoms with E-state index in [1.165, 1.54) is 16.9 Å². The summed E-state index contributed by atoms with van der Waals surface area (Å²) in [6.07, 6.45) is 0.715. The minimum atomic E-state index is -0.632. The zero-order valence-electron chi connectivity index (χ0n) is 11.5. The Hall–Kier alpha value is -1.65. The van der Waals surface area contributed by atoms with Crippen LogP contribution in [0.2, 0.25) is 0 Å². The summed E-state index contributed by atoms with van der Waals surface area (Å²) in [5.74, 6) is -0.0662. The number of carbonyl (C=O) groups excluding carboxylic acids is 1. The van der Waals surface area contributed by atoms with E-state index < -0.39 is 6.10 Å². The maximum atomic E-state index is 11.8. The number of nitrogens with one attached hydrogen (secondary N) is 1. The maximum absolute atomic E-state index is 11.8. The lowest BCUT2D eigenvalue weighted by Crippen LogP contribution is -2.29. The number of benzene rings is 1. The summed E-state index contributed by atoms with van der Waals surface area (Å²) in [6.45, 7) is 2.36. The molecule has 0 radical (unpaired) electrons. The van der Waals surface area contributed by atoms with Gasteiger partial charge in [-0.2, -0.15) is 11.3 Å². The third-order valence-corrected chi connectivity index (χ3v) is 3.92. The summed E-state index contributed by atoms with van der Waals surface area (Å²) < 4.78 is 0. The van der Waals surface area contributed by atoms with Crippen LogP contribution in [0.4, 0.5) is 0 Å². The van der Waals surface area contributed by atoms with Crippen LogP contribution in [0.25, 0.3) is 0 Å². The molecule has 3 nitrogen and oxygen atoms in total. The molecular formula is C16H19NO2S. The van der Waals surface area contributed by atoms with Crippen LogP contribution >= 0.6 is 11.3 Å². The Bertz CT molecular complexity index is 534. The van der Waals surface area contributed by atoms with Crippen molar-refractivity contribution in [3.8, 4) is 0 Å². The Morgan fingerprint density at radius 3 is 2.55 bits per heavy atom. The molecule has 20 heavy (non-hydrogen) atoms. The molecule has 0 spiro atoms. The summed E-state index contributed by atoms with van der Waals surface area (Å²) in [7, 11) is 0. The smallest absolute Gasteiger partial charge is 0.224 e. The molecule has 0 fully saturated rings. The van der Waals surface area contributed by atoms with Gasteiger partial charge in [-0.05, 0) is 39.9 Å². The van der Waals surface area contributed by atoms with Crippen LogP contribution in [0.3, 0.4) is 0 Å². The zero-order valence-corrected chi connectivity index (χ0v) is 12.3. The second kappa shape index (κ2) is 7.22. The Kier molecular flexibility index (Phi) is 5.32. The fraction of sp³-hybridized carbons (Fsp3) is 0.312. The van der Waals surface area contributed by atoms with Gasteiger partial charge in [-0.25, -0.2) is 0 Å². The van der Waals surface area contributed by atoms with Gasteiger partial charge in [0.1, 0.15) is 0 Å². The van der Waals surface area contributed by atoms with Crippen LogP contribution in [-0.4, -0.2) is 17.6 Å². The molecule has 0 aliphatic carbocycles. The van der Waals surface area contributed by atoms with E-state index in [4.69, 9.17) is 0 Å². The number of hydrogen-bond donors (Lipinski definition) is 2. The van der Waals surface area contributed by atoms with Gasteiger partial charge in [-0.15, -0.1) is 0 Å². The number of aliphatic hydroxyl groups is 1. The third kappa shape index (κ3) is 4.18. The molecule has 0 bridgehead atoms. The van der Waals surface area contributed by atoms with Crippen molar-refractivity contribution >= 4 is 17.2 Å². The van der Waals surface area contributed by atoms with Crippen molar-refractivity contribution in [2.75, 3.05) is 6.54 Å². The van der Waals surface area contributed by atoms with E-state index in [-0.39, 0.29) is 12.5 Å². The highest BCUT2D eigenvalue weighted by atomic mass is 32.1. The molecule has 4 heteroatoms. The maximum Gasteiger partial charge on any atom is 0.224 e. The Balaban J connectivity index is 1.80. The van der Waals surface area contributed by atoms with Gasteiger partial charge in [0.15, 0.2) is 0 Å². The van der Waals surface area contributed by atoms with Crippen molar-refractivity contribution < 1.29 is 9.90 Å². The lowest BCUT2D eigenvalue weighted by Gasteiger charge is -2.10. The molecule has 0 unspecified atom stereocenters. The average molecular weight is 289 g/mol. The number of carbonyl (C=O) groups is 1. The van der Waals surface area contributed by atoms with E-state index in [0.717, 1.165) is 17.5 Å². The van der Waals surface area contributed by atoms with Crippen molar-refractivity contribution in [1.29, 1.82) is 0 Å². The predicted molar refractivity (Wildman–Crippen MR) is 81.8 cm³/mol. The molecule has 0 aliphatic rings. The van der Waals surface area contributed by atoms with Crippen molar-refractivity contribution in [3.63, 3.8) is 0 Å². The number of rotatable bonds is 6. The van der Waals surface area contributed by atoms with Crippen LogP contribution in [0.1, 0.15) is 29.7 Å². The van der Waals surface area contributed by atoms with E-state index in [0.29, 0.717) is 6.42 Å². The molecule has 1 aromatic heterocycles. The average Bonchev–Trinajstić information content (AvgIpc) is 3.00.